The van der Waals surface area contributed by atoms with Gasteiger partial charge in [-0.3, -0.25) is 24.1 Å². The molecule has 0 spiro atoms. The zero-order valence-corrected chi connectivity index (χ0v) is 23.8. The number of carbonyl (C=O) groups is 4. The fourth-order valence-corrected chi connectivity index (χ4v) is 11.1. The van der Waals surface area contributed by atoms with Crippen LogP contribution in [-0.2, 0) is 19.1 Å². The van der Waals surface area contributed by atoms with Crippen molar-refractivity contribution < 1.29 is 23.9 Å². The van der Waals surface area contributed by atoms with Gasteiger partial charge in [-0.1, -0.05) is 17.4 Å². The minimum Gasteiger partial charge on any atom is -0.462 e. The molecule has 2 bridgehead atoms. The van der Waals surface area contributed by atoms with E-state index in [1.807, 2.05) is 11.4 Å². The number of thioether (sulfide) groups is 1. The van der Waals surface area contributed by atoms with E-state index in [2.05, 4.69) is 16.4 Å². The van der Waals surface area contributed by atoms with Gasteiger partial charge in [-0.2, -0.15) is 0 Å². The first-order valence-corrected chi connectivity index (χ1v) is 15.8. The molecule has 7 unspecified atom stereocenters. The van der Waals surface area contributed by atoms with Crippen LogP contribution in [0, 0.1) is 29.6 Å². The molecule has 2 aromatic heterocycles. The smallest absolute Gasteiger partial charge is 0.338 e. The van der Waals surface area contributed by atoms with E-state index in [0.717, 1.165) is 21.2 Å². The fraction of sp³-hybridized carbons (Fsp3) is 0.393. The molecule has 2 N–H and O–H groups in total. The van der Waals surface area contributed by atoms with Gasteiger partial charge in [-0.15, -0.1) is 23.1 Å². The summed E-state index contributed by atoms with van der Waals surface area (Å²) < 4.78 is 4.98. The Morgan fingerprint density at radius 2 is 1.82 bits per heavy atom. The number of thiophene rings is 1. The van der Waals surface area contributed by atoms with E-state index in [9.17, 15) is 24.0 Å². The molecular formula is C28H25N3O6S3. The largest absolute Gasteiger partial charge is 0.462 e. The number of carbonyl (C=O) groups excluding carboxylic acids is 4. The number of benzene rings is 1. The third-order valence-electron chi connectivity index (χ3n) is 8.65. The van der Waals surface area contributed by atoms with Crippen LogP contribution in [0.4, 0.5) is 5.69 Å². The molecule has 206 valence electrons. The maximum absolute atomic E-state index is 13.7. The summed E-state index contributed by atoms with van der Waals surface area (Å²) in [5.74, 6) is -2.11. The van der Waals surface area contributed by atoms with Crippen molar-refractivity contribution in [3.8, 4) is 0 Å². The average molecular weight is 596 g/mol. The van der Waals surface area contributed by atoms with E-state index in [1.165, 1.54) is 16.2 Å². The second-order valence-electron chi connectivity index (χ2n) is 10.6. The molecular weight excluding hydrogens is 571 g/mol. The summed E-state index contributed by atoms with van der Waals surface area (Å²) in [6.07, 6.45) is 0.809. The molecule has 3 amide bonds. The minimum atomic E-state index is -0.471. The van der Waals surface area contributed by atoms with E-state index in [0.29, 0.717) is 11.3 Å². The van der Waals surface area contributed by atoms with Crippen LogP contribution in [0.3, 0.4) is 0 Å². The third-order valence-corrected chi connectivity index (χ3v) is 12.2. The lowest BCUT2D eigenvalue weighted by Crippen LogP contribution is -2.42. The SMILES string of the molecule is CCOC(=O)c1ccc(NC(=O)CN2C(=O)C3C4CC(C3C2=O)C2C(c3cccs3)c3sc(=O)[nH]c3SC42)cc1. The second-order valence-corrected chi connectivity index (χ2v) is 13.8. The van der Waals surface area contributed by atoms with Crippen LogP contribution < -0.4 is 10.2 Å². The summed E-state index contributed by atoms with van der Waals surface area (Å²) in [5, 5.41) is 5.78. The molecule has 2 aliphatic carbocycles. The second kappa shape index (κ2) is 9.71. The highest BCUT2D eigenvalue weighted by Gasteiger charge is 2.69. The van der Waals surface area contributed by atoms with Gasteiger partial charge in [0.15, 0.2) is 0 Å². The lowest BCUT2D eigenvalue weighted by atomic mass is 9.69. The predicted octanol–water partition coefficient (Wildman–Crippen LogP) is 3.79. The first-order valence-electron chi connectivity index (χ1n) is 13.2. The van der Waals surface area contributed by atoms with Gasteiger partial charge in [0.05, 0.1) is 29.0 Å². The number of nitrogens with one attached hydrogen (secondary N) is 2. The van der Waals surface area contributed by atoms with Crippen molar-refractivity contribution in [2.45, 2.75) is 29.5 Å². The van der Waals surface area contributed by atoms with Crippen LogP contribution >= 0.6 is 34.4 Å². The molecule has 4 aliphatic rings. The Hall–Kier alpha value is -3.22. The minimum absolute atomic E-state index is 0.0175. The van der Waals surface area contributed by atoms with Crippen molar-refractivity contribution >= 4 is 63.8 Å². The number of hydrogen-bond donors (Lipinski definition) is 2. The molecule has 0 radical (unpaired) electrons. The van der Waals surface area contributed by atoms with Crippen LogP contribution in [-0.4, -0.2) is 52.0 Å². The number of aromatic nitrogens is 1. The maximum atomic E-state index is 13.7. The normalized spacial score (nSPS) is 29.7. The monoisotopic (exact) mass is 595 g/mol. The van der Waals surface area contributed by atoms with Crippen LogP contribution in [0.2, 0.25) is 0 Å². The number of rotatable bonds is 6. The summed E-state index contributed by atoms with van der Waals surface area (Å²) >= 11 is 4.56. The molecule has 1 saturated heterocycles. The van der Waals surface area contributed by atoms with Gasteiger partial charge >= 0.3 is 10.8 Å². The molecule has 3 aromatic rings. The zero-order valence-electron chi connectivity index (χ0n) is 21.3. The number of hydrogen-bond acceptors (Lipinski definition) is 9. The lowest BCUT2D eigenvalue weighted by Gasteiger charge is -2.42. The molecule has 40 heavy (non-hydrogen) atoms. The molecule has 7 rings (SSSR count). The van der Waals surface area contributed by atoms with E-state index >= 15 is 0 Å². The first-order chi connectivity index (χ1) is 19.4. The van der Waals surface area contributed by atoms with Gasteiger partial charge in [0.25, 0.3) is 0 Å². The number of ether oxygens (including phenoxy) is 1. The van der Waals surface area contributed by atoms with Crippen LogP contribution in [0.25, 0.3) is 0 Å². The topological polar surface area (TPSA) is 126 Å². The van der Waals surface area contributed by atoms with Crippen molar-refractivity contribution in [1.29, 1.82) is 0 Å². The fourth-order valence-electron chi connectivity index (χ4n) is 7.27. The molecule has 2 aliphatic heterocycles. The van der Waals surface area contributed by atoms with Crippen LogP contribution in [0.5, 0.6) is 0 Å². The molecule has 9 nitrogen and oxygen atoms in total. The molecule has 1 aromatic carbocycles. The number of nitrogens with zero attached hydrogens (tertiary/aromatic N) is 1. The highest BCUT2D eigenvalue weighted by molar-refractivity contribution is 8.00. The standard InChI is InChI=1S/C28H25N3O6S3/c1-2-37-27(35)12-5-7-13(8-6-12)29-17(32)11-31-25(33)19-14-10-15(20(19)26(31)34)22-18(14)21(16-4-3-9-38-16)23-24(39-22)30-28(36)40-23/h3-9,14-15,18-22H,2,10-11H2,1H3,(H,29,32)(H,30,36). The van der Waals surface area contributed by atoms with Gasteiger partial charge in [-0.25, -0.2) is 4.79 Å². The quantitative estimate of drug-likeness (QED) is 0.328. The summed E-state index contributed by atoms with van der Waals surface area (Å²) in [7, 11) is 0. The summed E-state index contributed by atoms with van der Waals surface area (Å²) in [5.41, 5.74) is 0.824. The van der Waals surface area contributed by atoms with Gasteiger partial charge in [0.2, 0.25) is 17.7 Å². The maximum Gasteiger partial charge on any atom is 0.338 e. The Kier molecular flexibility index (Phi) is 6.24. The van der Waals surface area contributed by atoms with E-state index < -0.39 is 23.7 Å². The average Bonchev–Trinajstić information content (AvgIpc) is 3.75. The number of aromatic amines is 1. The number of anilines is 1. The van der Waals surface area contributed by atoms with Crippen molar-refractivity contribution in [2.24, 2.45) is 29.6 Å². The van der Waals surface area contributed by atoms with Crippen molar-refractivity contribution in [2.75, 3.05) is 18.5 Å². The van der Waals surface area contributed by atoms with Gasteiger partial charge in [-0.05, 0) is 66.8 Å². The zero-order chi connectivity index (χ0) is 27.7. The summed E-state index contributed by atoms with van der Waals surface area (Å²) in [6, 6.07) is 10.4. The van der Waals surface area contributed by atoms with E-state index in [4.69, 9.17) is 4.74 Å². The van der Waals surface area contributed by atoms with E-state index in [1.54, 1.807) is 54.3 Å². The van der Waals surface area contributed by atoms with Gasteiger partial charge in [0, 0.05) is 26.6 Å². The Morgan fingerprint density at radius 3 is 2.52 bits per heavy atom. The first kappa shape index (κ1) is 25.7. The van der Waals surface area contributed by atoms with E-state index in [-0.39, 0.29) is 58.8 Å². The van der Waals surface area contributed by atoms with Crippen molar-refractivity contribution in [3.05, 3.63) is 66.8 Å². The number of likely N-dealkylation sites (tertiary alicyclic amines) is 1. The molecule has 3 fully saturated rings. The Morgan fingerprint density at radius 1 is 1.07 bits per heavy atom. The predicted molar refractivity (Wildman–Crippen MR) is 151 cm³/mol. The van der Waals surface area contributed by atoms with Crippen LogP contribution in [0.1, 0.15) is 39.4 Å². The number of imide groups is 1. The summed E-state index contributed by atoms with van der Waals surface area (Å²) in [6.45, 7) is 1.65. The third kappa shape index (κ3) is 3.91. The van der Waals surface area contributed by atoms with Gasteiger partial charge in [0.1, 0.15) is 6.54 Å². The highest BCUT2D eigenvalue weighted by atomic mass is 32.2. The Balaban J connectivity index is 1.10. The Bertz CT molecular complexity index is 1580. The summed E-state index contributed by atoms with van der Waals surface area (Å²) in [4.78, 5) is 70.6. The van der Waals surface area contributed by atoms with Crippen LogP contribution in [0.15, 0.2) is 51.6 Å². The number of thiazole rings is 1. The molecule has 12 heteroatoms. The lowest BCUT2D eigenvalue weighted by molar-refractivity contribution is -0.143. The number of esters is 1. The number of fused-ring (bicyclic) bond motifs is 9. The molecule has 4 heterocycles. The Labute approximate surface area is 241 Å². The van der Waals surface area contributed by atoms with Crippen molar-refractivity contribution in [3.63, 3.8) is 0 Å². The number of amides is 3. The van der Waals surface area contributed by atoms with Gasteiger partial charge < -0.3 is 15.0 Å². The highest BCUT2D eigenvalue weighted by Crippen LogP contribution is 2.68. The van der Waals surface area contributed by atoms with Crippen molar-refractivity contribution in [1.82, 2.24) is 9.88 Å². The number of H-pyrrole nitrogens is 1. The molecule has 2 saturated carbocycles. The molecule has 7 atom stereocenters.